The molecule has 1 aromatic carbocycles. The zero-order chi connectivity index (χ0) is 10.2. The Bertz CT molecular complexity index is 345. The number of rotatable bonds is 1. The van der Waals surface area contributed by atoms with E-state index in [0.29, 0.717) is 10.0 Å². The number of hydrogen-bond donors (Lipinski definition) is 1. The Hall–Kier alpha value is -0.410. The summed E-state index contributed by atoms with van der Waals surface area (Å²) < 4.78 is 14.3. The van der Waals surface area contributed by atoms with E-state index in [1.54, 1.807) is 12.1 Å². The minimum absolute atomic E-state index is 0.197. The van der Waals surface area contributed by atoms with Gasteiger partial charge in [-0.1, -0.05) is 25.0 Å². The second-order valence-corrected chi connectivity index (χ2v) is 4.82. The molecule has 0 spiro atoms. The van der Waals surface area contributed by atoms with E-state index in [1.165, 1.54) is 0 Å². The SMILES string of the molecule is NC1(c2cccc(Br)c2F)CCCC1. The minimum Gasteiger partial charge on any atom is -0.321 e. The highest BCUT2D eigenvalue weighted by atomic mass is 79.9. The molecule has 0 radical (unpaired) electrons. The van der Waals surface area contributed by atoms with Crippen LogP contribution in [0.15, 0.2) is 22.7 Å². The molecule has 2 rings (SSSR count). The third-order valence-corrected chi connectivity index (χ3v) is 3.60. The van der Waals surface area contributed by atoms with Gasteiger partial charge >= 0.3 is 0 Å². The molecule has 1 aromatic rings. The van der Waals surface area contributed by atoms with E-state index < -0.39 is 5.54 Å². The number of nitrogens with two attached hydrogens (primary N) is 1. The maximum atomic E-state index is 13.8. The van der Waals surface area contributed by atoms with E-state index >= 15 is 0 Å². The van der Waals surface area contributed by atoms with Gasteiger partial charge in [-0.05, 0) is 34.8 Å². The number of hydrogen-bond acceptors (Lipinski definition) is 1. The van der Waals surface area contributed by atoms with Crippen molar-refractivity contribution in [1.82, 2.24) is 0 Å². The molecule has 1 saturated carbocycles. The molecule has 1 fully saturated rings. The van der Waals surface area contributed by atoms with Gasteiger partial charge in [0.1, 0.15) is 5.82 Å². The van der Waals surface area contributed by atoms with E-state index in [1.807, 2.05) is 6.07 Å². The van der Waals surface area contributed by atoms with E-state index in [4.69, 9.17) is 5.73 Å². The Labute approximate surface area is 91.6 Å². The van der Waals surface area contributed by atoms with Crippen molar-refractivity contribution in [3.8, 4) is 0 Å². The first-order valence-electron chi connectivity index (χ1n) is 4.87. The van der Waals surface area contributed by atoms with Crippen LogP contribution in [0.1, 0.15) is 31.2 Å². The second-order valence-electron chi connectivity index (χ2n) is 3.96. The third-order valence-electron chi connectivity index (χ3n) is 2.98. The van der Waals surface area contributed by atoms with Crippen LogP contribution in [0.3, 0.4) is 0 Å². The third kappa shape index (κ3) is 1.59. The number of halogens is 2. The highest BCUT2D eigenvalue weighted by Gasteiger charge is 2.33. The van der Waals surface area contributed by atoms with Gasteiger partial charge in [0.15, 0.2) is 0 Å². The van der Waals surface area contributed by atoms with Crippen molar-refractivity contribution in [2.45, 2.75) is 31.2 Å². The quantitative estimate of drug-likeness (QED) is 0.821. The summed E-state index contributed by atoms with van der Waals surface area (Å²) in [5, 5.41) is 0. The van der Waals surface area contributed by atoms with Gasteiger partial charge in [-0.15, -0.1) is 0 Å². The fourth-order valence-corrected chi connectivity index (χ4v) is 2.53. The van der Waals surface area contributed by atoms with Crippen molar-refractivity contribution >= 4 is 15.9 Å². The summed E-state index contributed by atoms with van der Waals surface area (Å²) in [5.74, 6) is -0.197. The van der Waals surface area contributed by atoms with Crippen molar-refractivity contribution in [1.29, 1.82) is 0 Å². The summed E-state index contributed by atoms with van der Waals surface area (Å²) in [6, 6.07) is 5.35. The van der Waals surface area contributed by atoms with Crippen LogP contribution in [-0.2, 0) is 5.54 Å². The van der Waals surface area contributed by atoms with Crippen LogP contribution in [0, 0.1) is 5.82 Å². The van der Waals surface area contributed by atoms with Gasteiger partial charge in [-0.2, -0.15) is 0 Å². The lowest BCUT2D eigenvalue weighted by molar-refractivity contribution is 0.432. The standard InChI is InChI=1S/C11H13BrFN/c12-9-5-3-4-8(10(9)13)11(14)6-1-2-7-11/h3-5H,1-2,6-7,14H2. The van der Waals surface area contributed by atoms with Crippen LogP contribution in [0.25, 0.3) is 0 Å². The van der Waals surface area contributed by atoms with Gasteiger partial charge in [0.25, 0.3) is 0 Å². The number of benzene rings is 1. The highest BCUT2D eigenvalue weighted by Crippen LogP contribution is 2.38. The van der Waals surface area contributed by atoms with Gasteiger partial charge in [-0.3, -0.25) is 0 Å². The molecule has 3 heteroatoms. The molecule has 1 aliphatic carbocycles. The molecule has 0 aromatic heterocycles. The Kier molecular flexibility index (Phi) is 2.62. The van der Waals surface area contributed by atoms with Crippen LogP contribution in [-0.4, -0.2) is 0 Å². The first-order chi connectivity index (χ1) is 6.63. The van der Waals surface area contributed by atoms with Crippen LogP contribution >= 0.6 is 15.9 Å². The molecule has 0 unspecified atom stereocenters. The molecule has 2 N–H and O–H groups in total. The monoisotopic (exact) mass is 257 g/mol. The maximum Gasteiger partial charge on any atom is 0.142 e. The summed E-state index contributed by atoms with van der Waals surface area (Å²) in [6.07, 6.45) is 3.98. The molecule has 0 bridgehead atoms. The van der Waals surface area contributed by atoms with Gasteiger partial charge in [0.05, 0.1) is 4.47 Å². The molecule has 0 amide bonds. The van der Waals surface area contributed by atoms with Crippen molar-refractivity contribution in [3.63, 3.8) is 0 Å². The molecule has 0 saturated heterocycles. The molecule has 1 aliphatic rings. The van der Waals surface area contributed by atoms with Crippen LogP contribution in [0.4, 0.5) is 4.39 Å². The Morgan fingerprint density at radius 3 is 2.57 bits per heavy atom. The second kappa shape index (κ2) is 3.63. The molecule has 0 atom stereocenters. The molecule has 1 nitrogen and oxygen atoms in total. The van der Waals surface area contributed by atoms with Gasteiger partial charge in [0.2, 0.25) is 0 Å². The lowest BCUT2D eigenvalue weighted by Gasteiger charge is -2.24. The predicted molar refractivity (Wildman–Crippen MR) is 58.4 cm³/mol. The fourth-order valence-electron chi connectivity index (χ4n) is 2.16. The predicted octanol–water partition coefficient (Wildman–Crippen LogP) is 3.32. The average Bonchev–Trinajstić information content (AvgIpc) is 2.58. The van der Waals surface area contributed by atoms with E-state index in [-0.39, 0.29) is 5.82 Å². The summed E-state index contributed by atoms with van der Waals surface area (Å²) in [7, 11) is 0. The fraction of sp³-hybridized carbons (Fsp3) is 0.455. The van der Waals surface area contributed by atoms with Crippen LogP contribution in [0.5, 0.6) is 0 Å². The minimum atomic E-state index is -0.437. The first-order valence-corrected chi connectivity index (χ1v) is 5.66. The van der Waals surface area contributed by atoms with Crippen LogP contribution in [0.2, 0.25) is 0 Å². The van der Waals surface area contributed by atoms with Crippen LogP contribution < -0.4 is 5.73 Å². The Morgan fingerprint density at radius 2 is 1.93 bits per heavy atom. The smallest absolute Gasteiger partial charge is 0.142 e. The summed E-state index contributed by atoms with van der Waals surface area (Å²) in [4.78, 5) is 0. The van der Waals surface area contributed by atoms with Gasteiger partial charge in [-0.25, -0.2) is 4.39 Å². The largest absolute Gasteiger partial charge is 0.321 e. The lowest BCUT2D eigenvalue weighted by Crippen LogP contribution is -2.34. The van der Waals surface area contributed by atoms with Crippen molar-refractivity contribution < 1.29 is 4.39 Å². The van der Waals surface area contributed by atoms with Crippen molar-refractivity contribution in [2.24, 2.45) is 5.73 Å². The molecular weight excluding hydrogens is 245 g/mol. The highest BCUT2D eigenvalue weighted by molar-refractivity contribution is 9.10. The molecule has 76 valence electrons. The maximum absolute atomic E-state index is 13.8. The summed E-state index contributed by atoms with van der Waals surface area (Å²) in [5.41, 5.74) is 6.41. The molecule has 0 heterocycles. The van der Waals surface area contributed by atoms with Crippen molar-refractivity contribution in [3.05, 3.63) is 34.1 Å². The van der Waals surface area contributed by atoms with E-state index in [9.17, 15) is 4.39 Å². The Morgan fingerprint density at radius 1 is 1.29 bits per heavy atom. The zero-order valence-electron chi connectivity index (χ0n) is 7.89. The van der Waals surface area contributed by atoms with Gasteiger partial charge in [0, 0.05) is 11.1 Å². The Balaban J connectivity index is 2.45. The lowest BCUT2D eigenvalue weighted by atomic mass is 9.89. The summed E-state index contributed by atoms with van der Waals surface area (Å²) >= 11 is 3.19. The van der Waals surface area contributed by atoms with E-state index in [0.717, 1.165) is 25.7 Å². The zero-order valence-corrected chi connectivity index (χ0v) is 9.48. The molecular formula is C11H13BrFN. The molecule has 0 aliphatic heterocycles. The first kappa shape index (κ1) is 10.1. The average molecular weight is 258 g/mol. The topological polar surface area (TPSA) is 26.0 Å². The normalized spacial score (nSPS) is 19.9. The molecule has 14 heavy (non-hydrogen) atoms. The van der Waals surface area contributed by atoms with Crippen molar-refractivity contribution in [2.75, 3.05) is 0 Å². The van der Waals surface area contributed by atoms with E-state index in [2.05, 4.69) is 15.9 Å². The summed E-state index contributed by atoms with van der Waals surface area (Å²) in [6.45, 7) is 0. The van der Waals surface area contributed by atoms with Gasteiger partial charge < -0.3 is 5.73 Å².